The Bertz CT molecular complexity index is 1040. The number of aryl methyl sites for hydroxylation is 1. The molecule has 174 valence electrons. The van der Waals surface area contributed by atoms with Gasteiger partial charge in [0.15, 0.2) is 0 Å². The fraction of sp³-hybridized carbons (Fsp3) is 0.478. The molecule has 2 amide bonds. The van der Waals surface area contributed by atoms with Gasteiger partial charge in [-0.1, -0.05) is 13.3 Å². The number of anilines is 1. The van der Waals surface area contributed by atoms with Crippen LogP contribution in [0.3, 0.4) is 0 Å². The Balaban J connectivity index is 1.79. The molecule has 1 fully saturated rings. The number of rotatable bonds is 11. The van der Waals surface area contributed by atoms with Crippen LogP contribution in [0.2, 0.25) is 0 Å². The van der Waals surface area contributed by atoms with Crippen LogP contribution in [0.5, 0.6) is 0 Å². The molecule has 0 spiro atoms. The van der Waals surface area contributed by atoms with Gasteiger partial charge in [0.1, 0.15) is 0 Å². The van der Waals surface area contributed by atoms with Gasteiger partial charge in [0.2, 0.25) is 21.8 Å². The molecule has 32 heavy (non-hydrogen) atoms. The van der Waals surface area contributed by atoms with Crippen molar-refractivity contribution < 1.29 is 18.0 Å². The van der Waals surface area contributed by atoms with Gasteiger partial charge in [0.05, 0.1) is 18.0 Å². The van der Waals surface area contributed by atoms with Crippen molar-refractivity contribution >= 4 is 27.5 Å². The fourth-order valence-electron chi connectivity index (χ4n) is 3.57. The highest BCUT2D eigenvalue weighted by Gasteiger charge is 2.35. The number of hydrogen-bond donors (Lipinski definition) is 1. The molecular weight excluding hydrogens is 428 g/mol. The van der Waals surface area contributed by atoms with E-state index in [4.69, 9.17) is 0 Å². The van der Waals surface area contributed by atoms with Gasteiger partial charge in [0, 0.05) is 44.1 Å². The second-order valence-electron chi connectivity index (χ2n) is 8.26. The molecule has 0 unspecified atom stereocenters. The number of carbonyl (C=O) groups excluding carboxylic acids is 2. The first kappa shape index (κ1) is 24.0. The molecule has 1 saturated carbocycles. The molecule has 1 aromatic carbocycles. The third kappa shape index (κ3) is 5.98. The van der Waals surface area contributed by atoms with Crippen molar-refractivity contribution in [1.29, 1.82) is 0 Å². The lowest BCUT2D eigenvalue weighted by molar-refractivity contribution is -0.132. The molecule has 8 nitrogen and oxygen atoms in total. The van der Waals surface area contributed by atoms with E-state index in [1.807, 2.05) is 41.8 Å². The Morgan fingerprint density at radius 1 is 1.16 bits per heavy atom. The van der Waals surface area contributed by atoms with Gasteiger partial charge in [-0.25, -0.2) is 8.42 Å². The predicted octanol–water partition coefficient (Wildman–Crippen LogP) is 2.97. The van der Waals surface area contributed by atoms with Crippen molar-refractivity contribution in [1.82, 2.24) is 13.8 Å². The van der Waals surface area contributed by atoms with E-state index in [0.717, 1.165) is 25.0 Å². The number of hydrogen-bond acceptors (Lipinski definition) is 4. The highest BCUT2D eigenvalue weighted by molar-refractivity contribution is 7.89. The summed E-state index contributed by atoms with van der Waals surface area (Å²) in [4.78, 5) is 26.4. The topological polar surface area (TPSA) is 91.7 Å². The van der Waals surface area contributed by atoms with Crippen LogP contribution < -0.4 is 5.32 Å². The van der Waals surface area contributed by atoms with Gasteiger partial charge in [-0.3, -0.25) is 9.59 Å². The van der Waals surface area contributed by atoms with Gasteiger partial charge in [-0.05, 0) is 55.7 Å². The molecule has 1 aromatic heterocycles. The number of nitrogens with zero attached hydrogens (tertiary/aromatic N) is 3. The van der Waals surface area contributed by atoms with Crippen LogP contribution >= 0.6 is 0 Å². The van der Waals surface area contributed by atoms with Crippen molar-refractivity contribution in [2.75, 3.05) is 18.4 Å². The van der Waals surface area contributed by atoms with E-state index in [2.05, 4.69) is 5.32 Å². The summed E-state index contributed by atoms with van der Waals surface area (Å²) < 4.78 is 30.0. The highest BCUT2D eigenvalue weighted by atomic mass is 32.2. The third-order valence-electron chi connectivity index (χ3n) is 5.58. The summed E-state index contributed by atoms with van der Waals surface area (Å²) in [7, 11) is -1.92. The van der Waals surface area contributed by atoms with Crippen molar-refractivity contribution in [2.45, 2.75) is 57.0 Å². The molecule has 0 radical (unpaired) electrons. The van der Waals surface area contributed by atoms with Crippen LogP contribution in [0.4, 0.5) is 5.69 Å². The van der Waals surface area contributed by atoms with Crippen LogP contribution in [-0.2, 0) is 33.2 Å². The van der Waals surface area contributed by atoms with E-state index in [9.17, 15) is 18.0 Å². The van der Waals surface area contributed by atoms with Gasteiger partial charge in [0.25, 0.3) is 0 Å². The average molecular weight is 461 g/mol. The zero-order valence-electron chi connectivity index (χ0n) is 19.0. The second kappa shape index (κ2) is 10.3. The highest BCUT2D eigenvalue weighted by Crippen LogP contribution is 2.29. The summed E-state index contributed by atoms with van der Waals surface area (Å²) >= 11 is 0. The Hall–Kier alpha value is -2.65. The smallest absolute Gasteiger partial charge is 0.243 e. The summed E-state index contributed by atoms with van der Waals surface area (Å²) in [6.45, 7) is 3.95. The van der Waals surface area contributed by atoms with Crippen molar-refractivity contribution in [3.8, 4) is 0 Å². The Labute approximate surface area is 190 Å². The van der Waals surface area contributed by atoms with Crippen molar-refractivity contribution in [3.05, 3.63) is 48.3 Å². The number of unbranched alkanes of at least 4 members (excludes halogenated alkanes) is 1. The predicted molar refractivity (Wildman–Crippen MR) is 123 cm³/mol. The monoisotopic (exact) mass is 460 g/mol. The molecule has 1 aliphatic rings. The Morgan fingerprint density at radius 3 is 2.38 bits per heavy atom. The molecule has 1 heterocycles. The SMILES string of the molecule is CCCCN(CC(=O)N(Cc1cccn1C)C1CC1)S(=O)(=O)c1ccc(NC(C)=O)cc1. The molecule has 1 aliphatic carbocycles. The zero-order chi connectivity index (χ0) is 23.3. The molecule has 2 aromatic rings. The largest absolute Gasteiger partial charge is 0.353 e. The first-order valence-electron chi connectivity index (χ1n) is 11.0. The van der Waals surface area contributed by atoms with Gasteiger partial charge in [-0.15, -0.1) is 0 Å². The number of aromatic nitrogens is 1. The van der Waals surface area contributed by atoms with Crippen LogP contribution in [-0.4, -0.2) is 53.1 Å². The second-order valence-corrected chi connectivity index (χ2v) is 10.2. The quantitative estimate of drug-likeness (QED) is 0.558. The number of sulfonamides is 1. The van der Waals surface area contributed by atoms with E-state index in [0.29, 0.717) is 18.7 Å². The minimum Gasteiger partial charge on any atom is -0.353 e. The molecule has 0 saturated heterocycles. The van der Waals surface area contributed by atoms with Crippen LogP contribution in [0, 0.1) is 0 Å². The Kier molecular flexibility index (Phi) is 7.73. The maximum Gasteiger partial charge on any atom is 0.243 e. The molecule has 3 rings (SSSR count). The van der Waals surface area contributed by atoms with E-state index >= 15 is 0 Å². The van der Waals surface area contributed by atoms with E-state index in [1.165, 1.54) is 23.4 Å². The van der Waals surface area contributed by atoms with E-state index in [-0.39, 0.29) is 35.8 Å². The maximum absolute atomic E-state index is 13.4. The molecular formula is C23H32N4O4S. The number of carbonyl (C=O) groups is 2. The molecule has 1 N–H and O–H groups in total. The zero-order valence-corrected chi connectivity index (χ0v) is 19.8. The summed E-state index contributed by atoms with van der Waals surface area (Å²) in [5.41, 5.74) is 1.54. The lowest BCUT2D eigenvalue weighted by Gasteiger charge is -2.27. The first-order valence-corrected chi connectivity index (χ1v) is 12.4. The molecule has 0 atom stereocenters. The van der Waals surface area contributed by atoms with Gasteiger partial charge < -0.3 is 14.8 Å². The van der Waals surface area contributed by atoms with Crippen LogP contribution in [0.25, 0.3) is 0 Å². The lowest BCUT2D eigenvalue weighted by atomic mass is 10.3. The van der Waals surface area contributed by atoms with E-state index in [1.54, 1.807) is 12.1 Å². The van der Waals surface area contributed by atoms with Crippen molar-refractivity contribution in [3.63, 3.8) is 0 Å². The molecule has 9 heteroatoms. The molecule has 0 bridgehead atoms. The standard InChI is InChI=1S/C23H32N4O4S/c1-4-5-15-26(32(30,31)22-12-8-19(9-13-22)24-18(2)28)17-23(29)27(20-10-11-20)16-21-7-6-14-25(21)3/h6-9,12-14,20H,4-5,10-11,15-17H2,1-3H3,(H,24,28). The minimum absolute atomic E-state index is 0.107. The summed E-state index contributed by atoms with van der Waals surface area (Å²) in [6.07, 6.45) is 5.31. The molecule has 0 aliphatic heterocycles. The number of benzene rings is 1. The summed E-state index contributed by atoms with van der Waals surface area (Å²) in [5, 5.41) is 2.63. The number of nitrogens with one attached hydrogen (secondary N) is 1. The third-order valence-corrected chi connectivity index (χ3v) is 7.44. The average Bonchev–Trinajstić information content (AvgIpc) is 3.50. The van der Waals surface area contributed by atoms with Crippen molar-refractivity contribution in [2.24, 2.45) is 7.05 Å². The Morgan fingerprint density at radius 2 is 1.84 bits per heavy atom. The van der Waals surface area contributed by atoms with E-state index < -0.39 is 10.0 Å². The lowest BCUT2D eigenvalue weighted by Crippen LogP contribution is -2.44. The van der Waals surface area contributed by atoms with Crippen LogP contribution in [0.15, 0.2) is 47.5 Å². The summed E-state index contributed by atoms with van der Waals surface area (Å²) in [6, 6.07) is 10.1. The minimum atomic E-state index is -3.85. The van der Waals surface area contributed by atoms with Crippen LogP contribution in [0.1, 0.15) is 45.2 Å². The first-order chi connectivity index (χ1) is 15.2. The summed E-state index contributed by atoms with van der Waals surface area (Å²) in [5.74, 6) is -0.405. The fourth-order valence-corrected chi connectivity index (χ4v) is 4.99. The van der Waals surface area contributed by atoms with Gasteiger partial charge >= 0.3 is 0 Å². The normalized spacial score (nSPS) is 13.9. The van der Waals surface area contributed by atoms with Gasteiger partial charge in [-0.2, -0.15) is 4.31 Å². The maximum atomic E-state index is 13.4. The number of amides is 2.